The number of hydrogen-bond donors (Lipinski definition) is 1. The van der Waals surface area contributed by atoms with Crippen molar-refractivity contribution >= 4 is 6.09 Å². The predicted octanol–water partition coefficient (Wildman–Crippen LogP) is 4.68. The number of likely N-dealkylation sites (tertiary alicyclic amines) is 1. The summed E-state index contributed by atoms with van der Waals surface area (Å²) in [5.74, 6) is 1.43. The topological polar surface area (TPSA) is 41.6 Å². The third kappa shape index (κ3) is 4.75. The van der Waals surface area contributed by atoms with Crippen LogP contribution in [-0.2, 0) is 6.42 Å². The highest BCUT2D eigenvalue weighted by molar-refractivity contribution is 5.70. The summed E-state index contributed by atoms with van der Waals surface area (Å²) in [7, 11) is 2.23. The maximum atomic E-state index is 12.0. The Balaban J connectivity index is 1.60. The number of carbonyl (C=O) groups is 1. The number of benzene rings is 1. The first-order valence-electron chi connectivity index (χ1n) is 9.96. The van der Waals surface area contributed by atoms with Crippen LogP contribution in [0.1, 0.15) is 69.0 Å². The van der Waals surface area contributed by atoms with Crippen LogP contribution in [0.5, 0.6) is 5.75 Å². The van der Waals surface area contributed by atoms with Gasteiger partial charge < -0.3 is 10.1 Å². The van der Waals surface area contributed by atoms with Gasteiger partial charge in [0.1, 0.15) is 5.75 Å². The second-order valence-electron chi connectivity index (χ2n) is 7.67. The van der Waals surface area contributed by atoms with Crippen LogP contribution in [0.3, 0.4) is 0 Å². The third-order valence-electron chi connectivity index (χ3n) is 5.76. The molecule has 2 unspecified atom stereocenters. The van der Waals surface area contributed by atoms with Crippen LogP contribution in [-0.4, -0.2) is 31.1 Å². The number of nitrogens with zero attached hydrogens (tertiary/aromatic N) is 1. The molecule has 1 N–H and O–H groups in total. The van der Waals surface area contributed by atoms with Crippen molar-refractivity contribution in [2.24, 2.45) is 5.92 Å². The highest BCUT2D eigenvalue weighted by atomic mass is 16.6. The Morgan fingerprint density at radius 3 is 2.96 bits per heavy atom. The summed E-state index contributed by atoms with van der Waals surface area (Å²) in [6, 6.07) is 6.74. The molecule has 1 aromatic rings. The smallest absolute Gasteiger partial charge is 0.410 e. The van der Waals surface area contributed by atoms with E-state index < -0.39 is 0 Å². The van der Waals surface area contributed by atoms with Crippen LogP contribution < -0.4 is 10.1 Å². The van der Waals surface area contributed by atoms with Gasteiger partial charge in [-0.25, -0.2) is 4.79 Å². The normalized spacial score (nSPS) is 22.8. The van der Waals surface area contributed by atoms with E-state index in [1.54, 1.807) is 0 Å². The third-order valence-corrected chi connectivity index (χ3v) is 5.76. The molecule has 1 aliphatic carbocycles. The van der Waals surface area contributed by atoms with E-state index in [1.165, 1.54) is 49.8 Å². The maximum absolute atomic E-state index is 12.0. The molecule has 0 spiro atoms. The lowest BCUT2D eigenvalue weighted by Gasteiger charge is -2.29. The molecule has 2 bridgehead atoms. The number of nitrogens with one attached hydrogen (secondary N) is 1. The predicted molar refractivity (Wildman–Crippen MR) is 101 cm³/mol. The van der Waals surface area contributed by atoms with E-state index in [0.717, 1.165) is 25.2 Å². The quantitative estimate of drug-likeness (QED) is 0.762. The van der Waals surface area contributed by atoms with Crippen molar-refractivity contribution in [3.8, 4) is 5.75 Å². The Morgan fingerprint density at radius 1 is 1.24 bits per heavy atom. The van der Waals surface area contributed by atoms with E-state index in [1.807, 2.05) is 6.07 Å². The summed E-state index contributed by atoms with van der Waals surface area (Å²) in [6.07, 6.45) is 9.21. The first-order chi connectivity index (χ1) is 12.2. The molecule has 1 aliphatic heterocycles. The second-order valence-corrected chi connectivity index (χ2v) is 7.67. The van der Waals surface area contributed by atoms with Gasteiger partial charge in [-0.05, 0) is 74.9 Å². The highest BCUT2D eigenvalue weighted by Crippen LogP contribution is 2.40. The number of fused-ring (bicyclic) bond motifs is 5. The van der Waals surface area contributed by atoms with Gasteiger partial charge in [-0.2, -0.15) is 0 Å². The van der Waals surface area contributed by atoms with Gasteiger partial charge in [0.05, 0.1) is 0 Å². The van der Waals surface area contributed by atoms with Gasteiger partial charge in [-0.3, -0.25) is 4.90 Å². The van der Waals surface area contributed by atoms with Crippen LogP contribution in [0.15, 0.2) is 18.2 Å². The molecule has 0 radical (unpaired) electrons. The van der Waals surface area contributed by atoms with Gasteiger partial charge in [-0.1, -0.05) is 32.3 Å². The molecule has 1 fully saturated rings. The zero-order chi connectivity index (χ0) is 17.6. The van der Waals surface area contributed by atoms with Crippen LogP contribution >= 0.6 is 0 Å². The summed E-state index contributed by atoms with van der Waals surface area (Å²) in [5, 5.41) is 2.86. The lowest BCUT2D eigenvalue weighted by Crippen LogP contribution is -2.28. The average Bonchev–Trinajstić information content (AvgIpc) is 2.88. The van der Waals surface area contributed by atoms with Crippen molar-refractivity contribution in [2.45, 2.75) is 64.3 Å². The summed E-state index contributed by atoms with van der Waals surface area (Å²) in [4.78, 5) is 14.5. The molecule has 1 amide bonds. The molecular formula is C21H32N2O2. The van der Waals surface area contributed by atoms with Crippen molar-refractivity contribution in [2.75, 3.05) is 20.1 Å². The van der Waals surface area contributed by atoms with E-state index in [2.05, 4.69) is 36.3 Å². The van der Waals surface area contributed by atoms with Crippen molar-refractivity contribution in [1.82, 2.24) is 10.2 Å². The summed E-state index contributed by atoms with van der Waals surface area (Å²) in [5.41, 5.74) is 2.80. The minimum atomic E-state index is -0.331. The van der Waals surface area contributed by atoms with Crippen molar-refractivity contribution in [1.29, 1.82) is 0 Å². The molecule has 2 aliphatic rings. The highest BCUT2D eigenvalue weighted by Gasteiger charge is 2.30. The first-order valence-corrected chi connectivity index (χ1v) is 9.96. The number of carbonyl (C=O) groups excluding carboxylic acids is 1. The monoisotopic (exact) mass is 344 g/mol. The summed E-state index contributed by atoms with van der Waals surface area (Å²) in [6.45, 7) is 4.07. The van der Waals surface area contributed by atoms with Crippen molar-refractivity contribution in [3.63, 3.8) is 0 Å². The molecule has 2 atom stereocenters. The van der Waals surface area contributed by atoms with Gasteiger partial charge in [0, 0.05) is 12.6 Å². The lowest BCUT2D eigenvalue weighted by atomic mass is 9.92. The van der Waals surface area contributed by atoms with Crippen LogP contribution in [0.4, 0.5) is 4.79 Å². The average molecular weight is 344 g/mol. The van der Waals surface area contributed by atoms with Gasteiger partial charge >= 0.3 is 6.09 Å². The fourth-order valence-electron chi connectivity index (χ4n) is 4.24. The Kier molecular flexibility index (Phi) is 6.35. The molecule has 1 heterocycles. The van der Waals surface area contributed by atoms with E-state index in [-0.39, 0.29) is 6.09 Å². The molecule has 1 aromatic carbocycles. The zero-order valence-electron chi connectivity index (χ0n) is 15.7. The minimum Gasteiger partial charge on any atom is -0.410 e. The summed E-state index contributed by atoms with van der Waals surface area (Å²) < 4.78 is 5.51. The Labute approximate surface area is 151 Å². The van der Waals surface area contributed by atoms with Crippen LogP contribution in [0.25, 0.3) is 0 Å². The molecule has 138 valence electrons. The fourth-order valence-corrected chi connectivity index (χ4v) is 4.24. The first kappa shape index (κ1) is 18.2. The molecule has 1 saturated heterocycles. The maximum Gasteiger partial charge on any atom is 0.412 e. The Bertz CT molecular complexity index is 587. The number of hydrogen-bond acceptors (Lipinski definition) is 3. The van der Waals surface area contributed by atoms with Crippen molar-refractivity contribution in [3.05, 3.63) is 29.3 Å². The Hall–Kier alpha value is -1.55. The molecular weight excluding hydrogens is 312 g/mol. The van der Waals surface area contributed by atoms with Gasteiger partial charge in [0.2, 0.25) is 0 Å². The number of rotatable bonds is 6. The minimum absolute atomic E-state index is 0.331. The van der Waals surface area contributed by atoms with Crippen LogP contribution in [0, 0.1) is 5.92 Å². The van der Waals surface area contributed by atoms with E-state index >= 15 is 0 Å². The number of amides is 1. The Morgan fingerprint density at radius 2 is 2.12 bits per heavy atom. The van der Waals surface area contributed by atoms with E-state index in [9.17, 15) is 4.79 Å². The zero-order valence-corrected chi connectivity index (χ0v) is 15.7. The largest absolute Gasteiger partial charge is 0.412 e. The van der Waals surface area contributed by atoms with E-state index in [0.29, 0.717) is 18.3 Å². The lowest BCUT2D eigenvalue weighted by molar-refractivity contribution is 0.200. The SMILES string of the molecule is CCCCCCNC(=O)Oc1ccc2c(c1)CC1CCC2N(C)CC1. The number of unbranched alkanes of at least 4 members (excludes halogenated alkanes) is 3. The molecule has 3 rings (SSSR count). The standard InChI is InChI=1S/C21H32N2O2/c1-3-4-5-6-12-22-21(24)25-18-8-9-19-17(15-18)14-16-7-10-20(19)23(2)13-11-16/h8-9,15-16,20H,3-7,10-14H2,1-2H3,(H,22,24). The number of ether oxygens (including phenoxy) is 1. The van der Waals surface area contributed by atoms with Crippen LogP contribution in [0.2, 0.25) is 0 Å². The molecule has 0 aromatic heterocycles. The molecule has 4 heteroatoms. The fraction of sp³-hybridized carbons (Fsp3) is 0.667. The second kappa shape index (κ2) is 8.70. The molecule has 25 heavy (non-hydrogen) atoms. The van der Waals surface area contributed by atoms with Crippen molar-refractivity contribution < 1.29 is 9.53 Å². The van der Waals surface area contributed by atoms with Gasteiger partial charge in [-0.15, -0.1) is 0 Å². The van der Waals surface area contributed by atoms with E-state index in [4.69, 9.17) is 4.74 Å². The van der Waals surface area contributed by atoms with Gasteiger partial charge in [0.25, 0.3) is 0 Å². The molecule has 0 saturated carbocycles. The molecule has 4 nitrogen and oxygen atoms in total. The van der Waals surface area contributed by atoms with Gasteiger partial charge in [0.15, 0.2) is 0 Å². The summed E-state index contributed by atoms with van der Waals surface area (Å²) >= 11 is 0.